The van der Waals surface area contributed by atoms with E-state index in [0.29, 0.717) is 25.9 Å². The predicted molar refractivity (Wildman–Crippen MR) is 82.5 cm³/mol. The lowest BCUT2D eigenvalue weighted by atomic mass is 9.97. The van der Waals surface area contributed by atoms with Gasteiger partial charge in [-0.25, -0.2) is 0 Å². The van der Waals surface area contributed by atoms with Crippen molar-refractivity contribution in [3.8, 4) is 0 Å². The van der Waals surface area contributed by atoms with Crippen LogP contribution in [0.3, 0.4) is 0 Å². The lowest BCUT2D eigenvalue weighted by molar-refractivity contribution is -0.145. The van der Waals surface area contributed by atoms with E-state index in [4.69, 9.17) is 11.6 Å². The van der Waals surface area contributed by atoms with Crippen LogP contribution in [-0.2, 0) is 14.4 Å². The molecular weight excluding hydrogens is 304 g/mol. The number of anilines is 1. The van der Waals surface area contributed by atoms with Gasteiger partial charge in [0.2, 0.25) is 12.2 Å². The number of piperidine rings is 1. The highest BCUT2D eigenvalue weighted by molar-refractivity contribution is 6.41. The molecule has 1 aromatic rings. The Bertz CT molecular complexity index is 619. The highest BCUT2D eigenvalue weighted by atomic mass is 35.5. The number of fused-ring (bicyclic) bond motifs is 1. The van der Waals surface area contributed by atoms with Crippen molar-refractivity contribution >= 4 is 35.4 Å². The largest absolute Gasteiger partial charge is 0.320 e. The summed E-state index contributed by atoms with van der Waals surface area (Å²) in [5.41, 5.74) is 1.55. The Labute approximate surface area is 133 Å². The normalized spacial score (nSPS) is 24.6. The molecule has 2 unspecified atom stereocenters. The number of carbonyl (C=O) groups is 3. The molecule has 0 aromatic heterocycles. The zero-order chi connectivity index (χ0) is 15.7. The van der Waals surface area contributed by atoms with Gasteiger partial charge in [0, 0.05) is 31.1 Å². The second kappa shape index (κ2) is 6.08. The van der Waals surface area contributed by atoms with Crippen molar-refractivity contribution in [2.45, 2.75) is 24.3 Å². The smallest absolute Gasteiger partial charge is 0.291 e. The molecule has 6 heteroatoms. The number of nitrogens with zero attached hydrogens (tertiary/aromatic N) is 2. The number of carbonyl (C=O) groups excluding carboxylic acids is 3. The molecule has 1 aromatic carbocycles. The van der Waals surface area contributed by atoms with E-state index in [1.54, 1.807) is 4.90 Å². The Hall–Kier alpha value is -1.88. The number of ketones is 1. The molecule has 0 aliphatic carbocycles. The molecule has 1 saturated heterocycles. The molecule has 22 heavy (non-hydrogen) atoms. The van der Waals surface area contributed by atoms with Gasteiger partial charge in [0.25, 0.3) is 5.91 Å². The van der Waals surface area contributed by atoms with Crippen molar-refractivity contribution in [1.82, 2.24) is 4.90 Å². The first-order valence-corrected chi connectivity index (χ1v) is 7.68. The fourth-order valence-electron chi connectivity index (χ4n) is 3.10. The first-order valence-electron chi connectivity index (χ1n) is 7.25. The topological polar surface area (TPSA) is 57.7 Å². The molecule has 1 fully saturated rings. The van der Waals surface area contributed by atoms with Gasteiger partial charge < -0.3 is 9.80 Å². The number of halogens is 1. The Kier molecular flexibility index (Phi) is 4.16. The van der Waals surface area contributed by atoms with Crippen LogP contribution in [-0.4, -0.2) is 41.6 Å². The van der Waals surface area contributed by atoms with E-state index in [1.807, 2.05) is 24.3 Å². The Morgan fingerprint density at radius 2 is 2.05 bits per heavy atom. The first-order chi connectivity index (χ1) is 10.6. The van der Waals surface area contributed by atoms with E-state index in [1.165, 1.54) is 11.3 Å². The standard InChI is InChI=1S/C16H16ClN2O3/c17-15-6-5-14(21)16(22)19(15)8-7-11-9-18(10-20)13-4-2-1-3-12(11)13/h1-5,10-11,15H,6-9H2. The van der Waals surface area contributed by atoms with E-state index >= 15 is 0 Å². The maximum Gasteiger partial charge on any atom is 0.291 e. The number of alkyl halides is 1. The van der Waals surface area contributed by atoms with Crippen LogP contribution in [0.25, 0.3) is 0 Å². The highest BCUT2D eigenvalue weighted by Gasteiger charge is 2.34. The quantitative estimate of drug-likeness (QED) is 0.367. The molecule has 2 aliphatic heterocycles. The van der Waals surface area contributed by atoms with E-state index in [-0.39, 0.29) is 5.92 Å². The molecule has 0 N–H and O–H groups in total. The summed E-state index contributed by atoms with van der Waals surface area (Å²) in [7, 11) is 0. The van der Waals surface area contributed by atoms with Gasteiger partial charge in [-0.2, -0.15) is 0 Å². The van der Waals surface area contributed by atoms with E-state index in [9.17, 15) is 14.4 Å². The molecule has 0 saturated carbocycles. The number of Topliss-reactive ketones (excluding diaryl/α,β-unsaturated/α-hetero) is 1. The zero-order valence-corrected chi connectivity index (χ0v) is 12.7. The summed E-state index contributed by atoms with van der Waals surface area (Å²) < 4.78 is 0. The van der Waals surface area contributed by atoms with Gasteiger partial charge in [0.1, 0.15) is 5.50 Å². The summed E-state index contributed by atoms with van der Waals surface area (Å²) in [5.74, 6) is -0.873. The molecule has 0 bridgehead atoms. The Balaban J connectivity index is 1.71. The van der Waals surface area contributed by atoms with Crippen LogP contribution in [0.2, 0.25) is 0 Å². The number of benzene rings is 1. The van der Waals surface area contributed by atoms with Crippen molar-refractivity contribution in [2.24, 2.45) is 0 Å². The highest BCUT2D eigenvalue weighted by Crippen LogP contribution is 2.37. The zero-order valence-electron chi connectivity index (χ0n) is 11.9. The van der Waals surface area contributed by atoms with Crippen LogP contribution in [0.1, 0.15) is 24.3 Å². The monoisotopic (exact) mass is 319 g/mol. The lowest BCUT2D eigenvalue weighted by Crippen LogP contribution is -2.46. The maximum absolute atomic E-state index is 11.9. The first kappa shape index (κ1) is 15.0. The van der Waals surface area contributed by atoms with Crippen molar-refractivity contribution < 1.29 is 14.4 Å². The van der Waals surface area contributed by atoms with Crippen LogP contribution in [0, 0.1) is 6.42 Å². The molecule has 2 atom stereocenters. The fourth-order valence-corrected chi connectivity index (χ4v) is 3.37. The molecule has 2 heterocycles. The molecule has 115 valence electrons. The summed E-state index contributed by atoms with van der Waals surface area (Å²) in [6, 6.07) is 7.75. The summed E-state index contributed by atoms with van der Waals surface area (Å²) >= 11 is 6.14. The van der Waals surface area contributed by atoms with E-state index < -0.39 is 17.2 Å². The number of para-hydroxylation sites is 1. The average Bonchev–Trinajstić information content (AvgIpc) is 2.89. The summed E-state index contributed by atoms with van der Waals surface area (Å²) in [6.07, 6.45) is 3.22. The van der Waals surface area contributed by atoms with Crippen molar-refractivity contribution in [1.29, 1.82) is 0 Å². The van der Waals surface area contributed by atoms with Crippen molar-refractivity contribution in [3.63, 3.8) is 0 Å². The second-order valence-electron chi connectivity index (χ2n) is 5.54. The van der Waals surface area contributed by atoms with Gasteiger partial charge in [-0.3, -0.25) is 14.4 Å². The number of hydrogen-bond donors (Lipinski definition) is 0. The molecule has 5 nitrogen and oxygen atoms in total. The number of hydrogen-bond acceptors (Lipinski definition) is 3. The van der Waals surface area contributed by atoms with Gasteiger partial charge in [-0.1, -0.05) is 29.8 Å². The maximum atomic E-state index is 11.9. The molecule has 0 spiro atoms. The molecule has 2 amide bonds. The third kappa shape index (κ3) is 2.61. The van der Waals surface area contributed by atoms with Gasteiger partial charge >= 0.3 is 0 Å². The summed E-state index contributed by atoms with van der Waals surface area (Å²) in [4.78, 5) is 37.6. The third-order valence-corrected chi connectivity index (χ3v) is 4.67. The van der Waals surface area contributed by atoms with Crippen LogP contribution in [0.15, 0.2) is 24.3 Å². The minimum absolute atomic E-state index is 0.152. The Morgan fingerprint density at radius 1 is 1.27 bits per heavy atom. The fraction of sp³-hybridized carbons (Fsp3) is 0.375. The third-order valence-electron chi connectivity index (χ3n) is 4.26. The van der Waals surface area contributed by atoms with Gasteiger partial charge in [-0.15, -0.1) is 0 Å². The summed E-state index contributed by atoms with van der Waals surface area (Å²) in [5, 5.41) is 0. The predicted octanol–water partition coefficient (Wildman–Crippen LogP) is 1.71. The number of rotatable bonds is 4. The van der Waals surface area contributed by atoms with Gasteiger partial charge in [-0.05, 0) is 24.5 Å². The van der Waals surface area contributed by atoms with E-state index in [0.717, 1.165) is 17.7 Å². The van der Waals surface area contributed by atoms with Gasteiger partial charge in [0.15, 0.2) is 0 Å². The second-order valence-corrected chi connectivity index (χ2v) is 6.04. The molecule has 2 aliphatic rings. The molecule has 3 rings (SSSR count). The van der Waals surface area contributed by atoms with Crippen LogP contribution >= 0.6 is 11.6 Å². The van der Waals surface area contributed by atoms with Crippen LogP contribution in [0.5, 0.6) is 0 Å². The van der Waals surface area contributed by atoms with Gasteiger partial charge in [0.05, 0.1) is 0 Å². The van der Waals surface area contributed by atoms with Crippen LogP contribution < -0.4 is 4.90 Å². The van der Waals surface area contributed by atoms with E-state index in [2.05, 4.69) is 0 Å². The summed E-state index contributed by atoms with van der Waals surface area (Å²) in [6.45, 7) is 1.01. The molecular formula is C16H16ClN2O3. The lowest BCUT2D eigenvalue weighted by Gasteiger charge is -2.31. The minimum Gasteiger partial charge on any atom is -0.320 e. The van der Waals surface area contributed by atoms with Crippen molar-refractivity contribution in [2.75, 3.05) is 18.0 Å². The average molecular weight is 320 g/mol. The SMILES string of the molecule is O=CN1CC(CCN2C(=O)C(=O)[CH]CC2Cl)c2ccccc21. The van der Waals surface area contributed by atoms with Crippen LogP contribution in [0.4, 0.5) is 5.69 Å². The Morgan fingerprint density at radius 3 is 2.82 bits per heavy atom. The van der Waals surface area contributed by atoms with Crippen molar-refractivity contribution in [3.05, 3.63) is 36.2 Å². The molecule has 1 radical (unpaired) electrons. The minimum atomic E-state index is -0.537. The number of amides is 2. The number of likely N-dealkylation sites (tertiary alicyclic amines) is 1.